The standard InChI is InChI=1S/C10H10N2/c11-6-9-3-1-2-8-4-5-12-7-10(8)9/h1-5,7H,6,11H2. The van der Waals surface area contributed by atoms with Crippen molar-refractivity contribution in [2.45, 2.75) is 6.54 Å². The summed E-state index contributed by atoms with van der Waals surface area (Å²) in [4.78, 5) is 4.07. The molecule has 1 aromatic carbocycles. The predicted octanol–water partition coefficient (Wildman–Crippen LogP) is 1.69. The second-order valence-corrected chi connectivity index (χ2v) is 2.72. The van der Waals surface area contributed by atoms with Gasteiger partial charge in [0.2, 0.25) is 0 Å². The molecular formula is C10H10N2. The Labute approximate surface area is 71.0 Å². The number of fused-ring (bicyclic) bond motifs is 1. The molecule has 0 unspecified atom stereocenters. The Balaban J connectivity index is 2.79. The fourth-order valence-corrected chi connectivity index (χ4v) is 1.35. The first kappa shape index (κ1) is 7.25. The number of hydrogen-bond acceptors (Lipinski definition) is 2. The Bertz CT molecular complexity index is 390. The number of pyridine rings is 1. The highest BCUT2D eigenvalue weighted by molar-refractivity contribution is 5.84. The first-order valence-electron chi connectivity index (χ1n) is 3.93. The zero-order valence-corrected chi connectivity index (χ0v) is 6.70. The van der Waals surface area contributed by atoms with Crippen LogP contribution in [0.3, 0.4) is 0 Å². The van der Waals surface area contributed by atoms with Gasteiger partial charge >= 0.3 is 0 Å². The van der Waals surface area contributed by atoms with Crippen LogP contribution in [0.4, 0.5) is 0 Å². The van der Waals surface area contributed by atoms with Crippen LogP contribution in [-0.2, 0) is 6.54 Å². The van der Waals surface area contributed by atoms with Gasteiger partial charge in [0.1, 0.15) is 0 Å². The minimum Gasteiger partial charge on any atom is -0.326 e. The van der Waals surface area contributed by atoms with Gasteiger partial charge in [-0.15, -0.1) is 0 Å². The second-order valence-electron chi connectivity index (χ2n) is 2.72. The minimum atomic E-state index is 0.572. The monoisotopic (exact) mass is 158 g/mol. The summed E-state index contributed by atoms with van der Waals surface area (Å²) in [5.74, 6) is 0. The third-order valence-electron chi connectivity index (χ3n) is 1.99. The van der Waals surface area contributed by atoms with Crippen LogP contribution in [-0.4, -0.2) is 4.98 Å². The first-order chi connectivity index (χ1) is 5.92. The molecule has 1 aromatic heterocycles. The van der Waals surface area contributed by atoms with Crippen molar-refractivity contribution < 1.29 is 0 Å². The summed E-state index contributed by atoms with van der Waals surface area (Å²) in [6.07, 6.45) is 3.65. The quantitative estimate of drug-likeness (QED) is 0.686. The fraction of sp³-hybridized carbons (Fsp3) is 0.100. The van der Waals surface area contributed by atoms with Gasteiger partial charge in [0.25, 0.3) is 0 Å². The van der Waals surface area contributed by atoms with Gasteiger partial charge in [-0.3, -0.25) is 4.98 Å². The molecule has 0 fully saturated rings. The van der Waals surface area contributed by atoms with Crippen molar-refractivity contribution in [3.8, 4) is 0 Å². The van der Waals surface area contributed by atoms with Gasteiger partial charge in [0.05, 0.1) is 0 Å². The smallest absolute Gasteiger partial charge is 0.0349 e. The van der Waals surface area contributed by atoms with E-state index in [0.29, 0.717) is 6.54 Å². The summed E-state index contributed by atoms with van der Waals surface area (Å²) < 4.78 is 0. The van der Waals surface area contributed by atoms with Gasteiger partial charge in [-0.05, 0) is 17.0 Å². The highest BCUT2D eigenvalue weighted by Crippen LogP contribution is 2.16. The van der Waals surface area contributed by atoms with Crippen molar-refractivity contribution in [3.05, 3.63) is 42.2 Å². The van der Waals surface area contributed by atoms with E-state index in [9.17, 15) is 0 Å². The van der Waals surface area contributed by atoms with Gasteiger partial charge < -0.3 is 5.73 Å². The summed E-state index contributed by atoms with van der Waals surface area (Å²) in [6.45, 7) is 0.572. The van der Waals surface area contributed by atoms with E-state index in [-0.39, 0.29) is 0 Å². The van der Waals surface area contributed by atoms with Crippen LogP contribution in [0.15, 0.2) is 36.7 Å². The summed E-state index contributed by atoms with van der Waals surface area (Å²) in [7, 11) is 0. The molecule has 2 rings (SSSR count). The van der Waals surface area contributed by atoms with Gasteiger partial charge in [0, 0.05) is 24.3 Å². The zero-order chi connectivity index (χ0) is 8.39. The molecule has 0 radical (unpaired) electrons. The van der Waals surface area contributed by atoms with E-state index in [1.807, 2.05) is 24.4 Å². The molecule has 0 aliphatic heterocycles. The Morgan fingerprint density at radius 2 is 2.17 bits per heavy atom. The van der Waals surface area contributed by atoms with Gasteiger partial charge in [0.15, 0.2) is 0 Å². The van der Waals surface area contributed by atoms with Crippen molar-refractivity contribution in [3.63, 3.8) is 0 Å². The van der Waals surface area contributed by atoms with Crippen molar-refractivity contribution in [2.75, 3.05) is 0 Å². The zero-order valence-electron chi connectivity index (χ0n) is 6.70. The molecule has 0 saturated heterocycles. The molecule has 0 bridgehead atoms. The topological polar surface area (TPSA) is 38.9 Å². The lowest BCUT2D eigenvalue weighted by molar-refractivity contribution is 1.08. The third kappa shape index (κ3) is 1.06. The molecule has 2 N–H and O–H groups in total. The number of hydrogen-bond donors (Lipinski definition) is 1. The van der Waals surface area contributed by atoms with E-state index in [2.05, 4.69) is 11.1 Å². The third-order valence-corrected chi connectivity index (χ3v) is 1.99. The molecule has 1 heterocycles. The molecule has 2 aromatic rings. The van der Waals surface area contributed by atoms with Crippen molar-refractivity contribution >= 4 is 10.8 Å². The maximum atomic E-state index is 5.59. The van der Waals surface area contributed by atoms with Crippen LogP contribution in [0.1, 0.15) is 5.56 Å². The molecule has 60 valence electrons. The van der Waals surface area contributed by atoms with Gasteiger partial charge in [-0.1, -0.05) is 18.2 Å². The summed E-state index contributed by atoms with van der Waals surface area (Å²) >= 11 is 0. The van der Waals surface area contributed by atoms with Crippen LogP contribution in [0, 0.1) is 0 Å². The maximum absolute atomic E-state index is 5.59. The van der Waals surface area contributed by atoms with Crippen LogP contribution in [0.2, 0.25) is 0 Å². The van der Waals surface area contributed by atoms with Crippen LogP contribution in [0.25, 0.3) is 10.8 Å². The van der Waals surface area contributed by atoms with Crippen LogP contribution < -0.4 is 5.73 Å². The lowest BCUT2D eigenvalue weighted by atomic mass is 10.1. The lowest BCUT2D eigenvalue weighted by Gasteiger charge is -2.01. The average molecular weight is 158 g/mol. The maximum Gasteiger partial charge on any atom is 0.0349 e. The number of nitrogens with two attached hydrogens (primary N) is 1. The van der Waals surface area contributed by atoms with Gasteiger partial charge in [-0.2, -0.15) is 0 Å². The van der Waals surface area contributed by atoms with Crippen molar-refractivity contribution in [2.24, 2.45) is 5.73 Å². The largest absolute Gasteiger partial charge is 0.326 e. The van der Waals surface area contributed by atoms with Crippen molar-refractivity contribution in [1.29, 1.82) is 0 Å². The Morgan fingerprint density at radius 1 is 1.25 bits per heavy atom. The Kier molecular flexibility index (Phi) is 1.76. The predicted molar refractivity (Wildman–Crippen MR) is 49.6 cm³/mol. The lowest BCUT2D eigenvalue weighted by Crippen LogP contribution is -1.96. The van der Waals surface area contributed by atoms with Crippen LogP contribution in [0.5, 0.6) is 0 Å². The minimum absolute atomic E-state index is 0.572. The molecule has 0 spiro atoms. The molecule has 0 saturated carbocycles. The Hall–Kier alpha value is -1.41. The molecule has 0 aliphatic carbocycles. The van der Waals surface area contributed by atoms with E-state index in [0.717, 1.165) is 10.9 Å². The van der Waals surface area contributed by atoms with Crippen LogP contribution >= 0.6 is 0 Å². The molecule has 12 heavy (non-hydrogen) atoms. The number of aromatic nitrogens is 1. The number of nitrogens with zero attached hydrogens (tertiary/aromatic N) is 1. The highest BCUT2D eigenvalue weighted by atomic mass is 14.6. The molecular weight excluding hydrogens is 148 g/mol. The summed E-state index contributed by atoms with van der Waals surface area (Å²) in [6, 6.07) is 8.11. The number of benzene rings is 1. The fourth-order valence-electron chi connectivity index (χ4n) is 1.35. The van der Waals surface area contributed by atoms with Gasteiger partial charge in [-0.25, -0.2) is 0 Å². The number of rotatable bonds is 1. The normalized spacial score (nSPS) is 10.4. The second kappa shape index (κ2) is 2.91. The highest BCUT2D eigenvalue weighted by Gasteiger charge is 1.96. The SMILES string of the molecule is NCc1cccc2ccncc12. The van der Waals surface area contributed by atoms with E-state index >= 15 is 0 Å². The molecule has 0 aliphatic rings. The summed E-state index contributed by atoms with van der Waals surface area (Å²) in [5.41, 5.74) is 6.74. The summed E-state index contributed by atoms with van der Waals surface area (Å²) in [5, 5.41) is 2.36. The Morgan fingerprint density at radius 3 is 3.00 bits per heavy atom. The van der Waals surface area contributed by atoms with Crippen molar-refractivity contribution in [1.82, 2.24) is 4.98 Å². The average Bonchev–Trinajstić information content (AvgIpc) is 2.17. The van der Waals surface area contributed by atoms with E-state index in [1.165, 1.54) is 5.39 Å². The molecule has 0 atom stereocenters. The van der Waals surface area contributed by atoms with E-state index < -0.39 is 0 Å². The molecule has 2 heteroatoms. The molecule has 2 nitrogen and oxygen atoms in total. The van der Waals surface area contributed by atoms with E-state index in [1.54, 1.807) is 6.20 Å². The van der Waals surface area contributed by atoms with E-state index in [4.69, 9.17) is 5.73 Å². The molecule has 0 amide bonds. The first-order valence-corrected chi connectivity index (χ1v) is 3.93.